The van der Waals surface area contributed by atoms with Gasteiger partial charge in [-0.1, -0.05) is 0 Å². The second-order valence-corrected chi connectivity index (χ2v) is 6.82. The molecule has 2 N–H and O–H groups in total. The predicted octanol–water partition coefficient (Wildman–Crippen LogP) is 2.38. The van der Waals surface area contributed by atoms with Gasteiger partial charge in [0.25, 0.3) is 5.56 Å². The SMILES string of the molecule is CC(C)(C)OC(=O)NCCn1c(-c2ccco2)c(C#N)c2nc[nH]c(=O)c21. The van der Waals surface area contributed by atoms with E-state index in [1.54, 1.807) is 37.5 Å². The summed E-state index contributed by atoms with van der Waals surface area (Å²) in [4.78, 5) is 30.9. The number of rotatable bonds is 4. The summed E-state index contributed by atoms with van der Waals surface area (Å²) in [6.07, 6.45) is 2.17. The second kappa shape index (κ2) is 6.99. The van der Waals surface area contributed by atoms with Gasteiger partial charge in [-0.2, -0.15) is 5.26 Å². The first-order valence-corrected chi connectivity index (χ1v) is 8.32. The first-order chi connectivity index (χ1) is 12.8. The third-order valence-electron chi connectivity index (χ3n) is 3.71. The number of fused-ring (bicyclic) bond motifs is 1. The predicted molar refractivity (Wildman–Crippen MR) is 97.0 cm³/mol. The third kappa shape index (κ3) is 3.69. The van der Waals surface area contributed by atoms with Crippen LogP contribution in [0.25, 0.3) is 22.5 Å². The molecule has 0 spiro atoms. The van der Waals surface area contributed by atoms with Crippen molar-refractivity contribution < 1.29 is 13.9 Å². The quantitative estimate of drug-likeness (QED) is 0.727. The Morgan fingerprint density at radius 3 is 2.89 bits per heavy atom. The number of furan rings is 1. The van der Waals surface area contributed by atoms with Gasteiger partial charge in [0.2, 0.25) is 0 Å². The molecule has 9 nitrogen and oxygen atoms in total. The van der Waals surface area contributed by atoms with E-state index in [0.29, 0.717) is 11.5 Å². The number of aromatic nitrogens is 3. The highest BCUT2D eigenvalue weighted by Crippen LogP contribution is 2.31. The van der Waals surface area contributed by atoms with Crippen molar-refractivity contribution in [2.75, 3.05) is 6.54 Å². The minimum Gasteiger partial charge on any atom is -0.463 e. The number of nitrogens with one attached hydrogen (secondary N) is 2. The van der Waals surface area contributed by atoms with Gasteiger partial charge in [-0.3, -0.25) is 4.79 Å². The minimum absolute atomic E-state index is 0.186. The molecular formula is C18H19N5O4. The topological polar surface area (TPSA) is 126 Å². The van der Waals surface area contributed by atoms with E-state index < -0.39 is 11.7 Å². The van der Waals surface area contributed by atoms with Gasteiger partial charge < -0.3 is 24.0 Å². The highest BCUT2D eigenvalue weighted by Gasteiger charge is 2.23. The van der Waals surface area contributed by atoms with Crippen molar-refractivity contribution >= 4 is 17.1 Å². The fraction of sp³-hybridized carbons (Fsp3) is 0.333. The molecule has 9 heteroatoms. The number of hydrogen-bond acceptors (Lipinski definition) is 6. The van der Waals surface area contributed by atoms with Crippen molar-refractivity contribution in [3.8, 4) is 17.5 Å². The standard InChI is InChI=1S/C18H19N5O4/c1-18(2,3)27-17(25)20-6-7-23-14(12-5-4-8-26-12)11(9-19)13-15(23)16(24)22-10-21-13/h4-5,8,10H,6-7H2,1-3H3,(H,20,25)(H,21,22,24). The Morgan fingerprint density at radius 2 is 2.26 bits per heavy atom. The Kier molecular flexibility index (Phi) is 4.73. The second-order valence-electron chi connectivity index (χ2n) is 6.82. The Bertz CT molecular complexity index is 1060. The molecule has 3 heterocycles. The highest BCUT2D eigenvalue weighted by molar-refractivity contribution is 5.90. The molecule has 0 bridgehead atoms. The van der Waals surface area contributed by atoms with E-state index >= 15 is 0 Å². The van der Waals surface area contributed by atoms with E-state index in [1.807, 2.05) is 0 Å². The lowest BCUT2D eigenvalue weighted by Crippen LogP contribution is -2.34. The maximum absolute atomic E-state index is 12.4. The zero-order valence-corrected chi connectivity index (χ0v) is 15.2. The van der Waals surface area contributed by atoms with Crippen LogP contribution < -0.4 is 10.9 Å². The molecule has 3 rings (SSSR count). The van der Waals surface area contributed by atoms with Crippen LogP contribution in [0.1, 0.15) is 26.3 Å². The summed E-state index contributed by atoms with van der Waals surface area (Å²) in [5.74, 6) is 0.432. The Balaban J connectivity index is 1.99. The van der Waals surface area contributed by atoms with Crippen LogP contribution >= 0.6 is 0 Å². The maximum atomic E-state index is 12.4. The van der Waals surface area contributed by atoms with Crippen molar-refractivity contribution in [3.05, 3.63) is 40.6 Å². The fourth-order valence-electron chi connectivity index (χ4n) is 2.77. The van der Waals surface area contributed by atoms with Crippen molar-refractivity contribution in [1.29, 1.82) is 5.26 Å². The van der Waals surface area contributed by atoms with E-state index in [9.17, 15) is 14.9 Å². The molecule has 0 aliphatic carbocycles. The van der Waals surface area contributed by atoms with Crippen molar-refractivity contribution in [2.24, 2.45) is 0 Å². The maximum Gasteiger partial charge on any atom is 0.407 e. The van der Waals surface area contributed by atoms with Gasteiger partial charge in [-0.05, 0) is 32.9 Å². The zero-order chi connectivity index (χ0) is 19.6. The highest BCUT2D eigenvalue weighted by atomic mass is 16.6. The van der Waals surface area contributed by atoms with Crippen molar-refractivity contribution in [1.82, 2.24) is 19.9 Å². The Morgan fingerprint density at radius 1 is 1.48 bits per heavy atom. The van der Waals surface area contributed by atoms with E-state index in [-0.39, 0.29) is 35.2 Å². The number of alkyl carbamates (subject to hydrolysis) is 1. The Hall–Kier alpha value is -3.54. The van der Waals surface area contributed by atoms with Crippen LogP contribution in [-0.4, -0.2) is 32.8 Å². The third-order valence-corrected chi connectivity index (χ3v) is 3.71. The Labute approximate surface area is 154 Å². The average molecular weight is 369 g/mol. The molecule has 0 aliphatic heterocycles. The molecule has 0 saturated carbocycles. The van der Waals surface area contributed by atoms with Crippen LogP contribution in [0.3, 0.4) is 0 Å². The lowest BCUT2D eigenvalue weighted by atomic mass is 10.2. The molecule has 0 saturated heterocycles. The van der Waals surface area contributed by atoms with E-state index in [0.717, 1.165) is 0 Å². The minimum atomic E-state index is -0.612. The molecule has 27 heavy (non-hydrogen) atoms. The van der Waals surface area contributed by atoms with Gasteiger partial charge in [-0.25, -0.2) is 9.78 Å². The van der Waals surface area contributed by atoms with Gasteiger partial charge >= 0.3 is 6.09 Å². The molecular weight excluding hydrogens is 350 g/mol. The number of carbonyl (C=O) groups is 1. The van der Waals surface area contributed by atoms with Crippen molar-refractivity contribution in [3.63, 3.8) is 0 Å². The summed E-state index contributed by atoms with van der Waals surface area (Å²) in [5, 5.41) is 12.3. The van der Waals surface area contributed by atoms with E-state index in [1.165, 1.54) is 12.6 Å². The number of aromatic amines is 1. The van der Waals surface area contributed by atoms with Gasteiger partial charge in [0.05, 0.1) is 12.6 Å². The van der Waals surface area contributed by atoms with Crippen LogP contribution in [0.5, 0.6) is 0 Å². The molecule has 0 aliphatic rings. The summed E-state index contributed by atoms with van der Waals surface area (Å²) in [5.41, 5.74) is 0.206. The van der Waals surface area contributed by atoms with Crippen molar-refractivity contribution in [2.45, 2.75) is 32.9 Å². The number of ether oxygens (including phenoxy) is 1. The molecule has 0 radical (unpaired) electrons. The number of nitriles is 1. The summed E-state index contributed by atoms with van der Waals surface area (Å²) < 4.78 is 12.3. The smallest absolute Gasteiger partial charge is 0.407 e. The molecule has 0 fully saturated rings. The first kappa shape index (κ1) is 18.3. The summed E-state index contributed by atoms with van der Waals surface area (Å²) in [7, 11) is 0. The molecule has 0 aromatic carbocycles. The molecule has 3 aromatic heterocycles. The zero-order valence-electron chi connectivity index (χ0n) is 15.2. The molecule has 3 aromatic rings. The first-order valence-electron chi connectivity index (χ1n) is 8.32. The van der Waals surface area contributed by atoms with Crippen LogP contribution in [-0.2, 0) is 11.3 Å². The van der Waals surface area contributed by atoms with E-state index in [2.05, 4.69) is 21.4 Å². The number of carbonyl (C=O) groups excluding carboxylic acids is 1. The number of hydrogen-bond donors (Lipinski definition) is 2. The lowest BCUT2D eigenvalue weighted by Gasteiger charge is -2.20. The lowest BCUT2D eigenvalue weighted by molar-refractivity contribution is 0.0526. The van der Waals surface area contributed by atoms with E-state index in [4.69, 9.17) is 9.15 Å². The molecule has 0 atom stereocenters. The van der Waals surface area contributed by atoms with Gasteiger partial charge in [0.1, 0.15) is 34.0 Å². The monoisotopic (exact) mass is 369 g/mol. The number of amides is 1. The summed E-state index contributed by atoms with van der Waals surface area (Å²) >= 11 is 0. The van der Waals surface area contributed by atoms with Crippen LogP contribution in [0, 0.1) is 11.3 Å². The average Bonchev–Trinajstić information content (AvgIpc) is 3.19. The number of nitrogens with zero attached hydrogens (tertiary/aromatic N) is 3. The summed E-state index contributed by atoms with van der Waals surface area (Å²) in [6.45, 7) is 5.72. The largest absolute Gasteiger partial charge is 0.463 e. The normalized spacial score (nSPS) is 11.3. The number of H-pyrrole nitrogens is 1. The van der Waals surface area contributed by atoms with Crippen LogP contribution in [0.4, 0.5) is 4.79 Å². The molecule has 1 amide bonds. The van der Waals surface area contributed by atoms with Gasteiger partial charge in [0, 0.05) is 13.1 Å². The van der Waals surface area contributed by atoms with Gasteiger partial charge in [-0.15, -0.1) is 0 Å². The molecule has 140 valence electrons. The summed E-state index contributed by atoms with van der Waals surface area (Å²) in [6, 6.07) is 5.48. The van der Waals surface area contributed by atoms with Gasteiger partial charge in [0.15, 0.2) is 5.76 Å². The molecule has 0 unspecified atom stereocenters. The van der Waals surface area contributed by atoms with Crippen LogP contribution in [0.2, 0.25) is 0 Å². The van der Waals surface area contributed by atoms with Crippen LogP contribution in [0.15, 0.2) is 33.9 Å². The fourth-order valence-corrected chi connectivity index (χ4v) is 2.77.